The molecule has 0 atom stereocenters. The number of carbonyl (C=O) groups excluding carboxylic acids is 1. The van der Waals surface area contributed by atoms with Crippen molar-refractivity contribution >= 4 is 17.5 Å². The second kappa shape index (κ2) is 8.37. The minimum atomic E-state index is -0.963. The molecule has 1 amide bonds. The van der Waals surface area contributed by atoms with Crippen molar-refractivity contribution in [3.8, 4) is 17.0 Å². The maximum Gasteiger partial charge on any atom is 0.404 e. The zero-order valence-corrected chi connectivity index (χ0v) is 17.9. The quantitative estimate of drug-likeness (QED) is 0.656. The number of methoxy groups -OCH3 is 1. The lowest BCUT2D eigenvalue weighted by Crippen LogP contribution is -2.27. The number of fused-ring (bicyclic) bond motifs is 2. The molecule has 0 saturated heterocycles. The number of carbonyl (C=O) groups is 2. The smallest absolute Gasteiger partial charge is 0.404 e. The Morgan fingerprint density at radius 2 is 2.00 bits per heavy atom. The van der Waals surface area contributed by atoms with Gasteiger partial charge in [-0.1, -0.05) is 12.1 Å². The van der Waals surface area contributed by atoms with Crippen LogP contribution in [0.15, 0.2) is 30.3 Å². The van der Waals surface area contributed by atoms with Crippen LogP contribution in [0.2, 0.25) is 0 Å². The molecule has 0 bridgehead atoms. The zero-order valence-electron chi connectivity index (χ0n) is 17.9. The lowest BCUT2D eigenvalue weighted by Gasteiger charge is -2.09. The Bertz CT molecular complexity index is 1150. The normalized spacial score (nSPS) is 14.9. The van der Waals surface area contributed by atoms with E-state index < -0.39 is 6.09 Å². The Labute approximate surface area is 180 Å². The first-order valence-electron chi connectivity index (χ1n) is 10.5. The molecule has 0 spiro atoms. The summed E-state index contributed by atoms with van der Waals surface area (Å²) in [6.45, 7) is 3.54. The Balaban J connectivity index is 0.000000289. The number of aromatic nitrogens is 3. The summed E-state index contributed by atoms with van der Waals surface area (Å²) < 4.78 is 7.33. The summed E-state index contributed by atoms with van der Waals surface area (Å²) in [5, 5.41) is 14.9. The van der Waals surface area contributed by atoms with Gasteiger partial charge in [-0.2, -0.15) is 5.10 Å². The second-order valence-electron chi connectivity index (χ2n) is 8.17. The minimum absolute atomic E-state index is 0.0255. The average Bonchev–Trinajstić information content (AvgIpc) is 3.38. The highest BCUT2D eigenvalue weighted by Gasteiger charge is 2.29. The molecule has 2 aliphatic carbocycles. The van der Waals surface area contributed by atoms with Gasteiger partial charge in [0, 0.05) is 29.5 Å². The molecule has 8 nitrogen and oxygen atoms in total. The molecule has 1 aromatic carbocycles. The highest BCUT2D eigenvalue weighted by Crippen LogP contribution is 2.39. The molecule has 5 rings (SSSR count). The van der Waals surface area contributed by atoms with Crippen LogP contribution in [0.4, 0.5) is 4.79 Å². The van der Waals surface area contributed by atoms with Crippen LogP contribution in [0.1, 0.15) is 60.8 Å². The Kier molecular flexibility index (Phi) is 5.63. The van der Waals surface area contributed by atoms with Gasteiger partial charge in [0.1, 0.15) is 0 Å². The van der Waals surface area contributed by atoms with Crippen molar-refractivity contribution in [1.82, 2.24) is 19.9 Å². The maximum absolute atomic E-state index is 11.9. The third-order valence-corrected chi connectivity index (χ3v) is 5.36. The number of hydrogen-bond donors (Lipinski definition) is 2. The first-order chi connectivity index (χ1) is 14.9. The van der Waals surface area contributed by atoms with Crippen molar-refractivity contribution in [1.29, 1.82) is 0 Å². The average molecular weight is 422 g/mol. The van der Waals surface area contributed by atoms with E-state index in [4.69, 9.17) is 14.9 Å². The van der Waals surface area contributed by atoms with Gasteiger partial charge in [-0.05, 0) is 56.9 Å². The highest BCUT2D eigenvalue weighted by molar-refractivity contribution is 6.00. The summed E-state index contributed by atoms with van der Waals surface area (Å²) in [7, 11) is 1.65. The molecule has 162 valence electrons. The number of benzene rings is 1. The molecular weight excluding hydrogens is 396 g/mol. The van der Waals surface area contributed by atoms with Crippen LogP contribution in [0, 0.1) is 0 Å². The van der Waals surface area contributed by atoms with Gasteiger partial charge in [0.2, 0.25) is 0 Å². The summed E-state index contributed by atoms with van der Waals surface area (Å²) in [5.74, 6) is 2.36. The first kappa shape index (κ1) is 20.8. The Morgan fingerprint density at radius 1 is 1.23 bits per heavy atom. The van der Waals surface area contributed by atoms with Gasteiger partial charge in [-0.25, -0.2) is 14.3 Å². The zero-order chi connectivity index (χ0) is 22.1. The number of nitrogens with zero attached hydrogens (tertiary/aromatic N) is 3. The topological polar surface area (TPSA) is 106 Å². The number of nitrogens with one attached hydrogen (secondary N) is 1. The molecule has 0 unspecified atom stereocenters. The minimum Gasteiger partial charge on any atom is -0.493 e. The summed E-state index contributed by atoms with van der Waals surface area (Å²) in [4.78, 5) is 26.2. The summed E-state index contributed by atoms with van der Waals surface area (Å²) in [5.41, 5.74) is 4.79. The number of pyridine rings is 1. The van der Waals surface area contributed by atoms with Crippen LogP contribution in [-0.4, -0.2) is 44.7 Å². The van der Waals surface area contributed by atoms with E-state index in [2.05, 4.69) is 16.4 Å². The van der Waals surface area contributed by atoms with Crippen LogP contribution < -0.4 is 10.1 Å². The molecule has 2 aromatic heterocycles. The standard InChI is InChI=1S/C19H17N3O2.C4H9NO2/c1-24-17-9-7-15(22-19(17)20-18(21-22)11-2-3-11)13-4-6-14-12(10-13)5-8-16(14)23;1-3(2)5-4(6)7/h4,6-7,9-11H,2-3,5,8H2,1H3;3,5H,1-2H3,(H,6,7). The summed E-state index contributed by atoms with van der Waals surface area (Å²) in [6, 6.07) is 10.0. The third kappa shape index (κ3) is 4.38. The van der Waals surface area contributed by atoms with Crippen molar-refractivity contribution < 1.29 is 19.4 Å². The highest BCUT2D eigenvalue weighted by atomic mass is 16.5. The van der Waals surface area contributed by atoms with Crippen LogP contribution in [0.25, 0.3) is 16.9 Å². The first-order valence-corrected chi connectivity index (χ1v) is 10.5. The van der Waals surface area contributed by atoms with Crippen LogP contribution >= 0.6 is 0 Å². The van der Waals surface area contributed by atoms with Gasteiger partial charge in [-0.15, -0.1) is 0 Å². The number of carboxylic acid groups (broad SMARTS) is 1. The number of ether oxygens (including phenoxy) is 1. The number of ketones is 1. The number of hydrogen-bond acceptors (Lipinski definition) is 5. The molecule has 3 aromatic rings. The number of rotatable bonds is 4. The predicted molar refractivity (Wildman–Crippen MR) is 116 cm³/mol. The Hall–Kier alpha value is -3.42. The van der Waals surface area contributed by atoms with Crippen LogP contribution in [0.3, 0.4) is 0 Å². The molecule has 2 heterocycles. The SMILES string of the molecule is CC(C)NC(=O)O.COc1ccc(-c2ccc3c(c2)CCC3=O)n2nc(C3CC3)nc12. The van der Waals surface area contributed by atoms with E-state index in [-0.39, 0.29) is 11.8 Å². The fourth-order valence-corrected chi connectivity index (χ4v) is 3.71. The summed E-state index contributed by atoms with van der Waals surface area (Å²) >= 11 is 0. The van der Waals surface area contributed by atoms with Gasteiger partial charge < -0.3 is 15.2 Å². The van der Waals surface area contributed by atoms with Gasteiger partial charge in [0.15, 0.2) is 23.0 Å². The third-order valence-electron chi connectivity index (χ3n) is 5.36. The van der Waals surface area contributed by atoms with Gasteiger partial charge in [0.05, 0.1) is 12.8 Å². The van der Waals surface area contributed by atoms with Gasteiger partial charge in [-0.3, -0.25) is 4.79 Å². The second-order valence-corrected chi connectivity index (χ2v) is 8.17. The number of aryl methyl sites for hydroxylation is 1. The molecule has 0 aliphatic heterocycles. The number of amides is 1. The molecule has 0 radical (unpaired) electrons. The van der Waals surface area contributed by atoms with Crippen LogP contribution in [0.5, 0.6) is 5.75 Å². The fourth-order valence-electron chi connectivity index (χ4n) is 3.71. The van der Waals surface area contributed by atoms with E-state index in [9.17, 15) is 9.59 Å². The fraction of sp³-hybridized carbons (Fsp3) is 0.391. The molecule has 1 saturated carbocycles. The number of Topliss-reactive ketones (excluding diaryl/α,β-unsaturated/α-hetero) is 1. The van der Waals surface area contributed by atoms with Crippen LogP contribution in [-0.2, 0) is 6.42 Å². The largest absolute Gasteiger partial charge is 0.493 e. The van der Waals surface area contributed by atoms with Crippen molar-refractivity contribution in [3.05, 3.63) is 47.3 Å². The molecular formula is C23H26N4O4. The molecule has 31 heavy (non-hydrogen) atoms. The molecule has 1 fully saturated rings. The van der Waals surface area contributed by atoms with E-state index in [1.165, 1.54) is 0 Å². The lowest BCUT2D eigenvalue weighted by atomic mass is 10.0. The monoisotopic (exact) mass is 422 g/mol. The van der Waals surface area contributed by atoms with E-state index in [1.807, 2.05) is 28.8 Å². The van der Waals surface area contributed by atoms with Crippen molar-refractivity contribution in [2.24, 2.45) is 0 Å². The lowest BCUT2D eigenvalue weighted by molar-refractivity contribution is 0.0994. The van der Waals surface area contributed by atoms with E-state index in [0.29, 0.717) is 12.3 Å². The van der Waals surface area contributed by atoms with Gasteiger partial charge in [0.25, 0.3) is 0 Å². The van der Waals surface area contributed by atoms with Crippen molar-refractivity contribution in [2.75, 3.05) is 7.11 Å². The van der Waals surface area contributed by atoms with E-state index >= 15 is 0 Å². The molecule has 8 heteroatoms. The molecule has 2 N–H and O–H groups in total. The molecule has 2 aliphatic rings. The maximum atomic E-state index is 11.9. The predicted octanol–water partition coefficient (Wildman–Crippen LogP) is 4.07. The van der Waals surface area contributed by atoms with Crippen molar-refractivity contribution in [2.45, 2.75) is 51.5 Å². The summed E-state index contributed by atoms with van der Waals surface area (Å²) in [6.07, 6.45) is 2.80. The van der Waals surface area contributed by atoms with Gasteiger partial charge >= 0.3 is 6.09 Å². The van der Waals surface area contributed by atoms with Crippen molar-refractivity contribution in [3.63, 3.8) is 0 Å². The Morgan fingerprint density at radius 3 is 2.61 bits per heavy atom. The van der Waals surface area contributed by atoms with E-state index in [0.717, 1.165) is 58.9 Å². The van der Waals surface area contributed by atoms with E-state index in [1.54, 1.807) is 21.0 Å².